The van der Waals surface area contributed by atoms with Crippen molar-refractivity contribution in [3.63, 3.8) is 0 Å². The number of aromatic nitrogens is 3. The minimum absolute atomic E-state index is 0.103. The van der Waals surface area contributed by atoms with Gasteiger partial charge in [-0.2, -0.15) is 0 Å². The molecule has 2 aromatic carbocycles. The Morgan fingerprint density at radius 1 is 1.08 bits per heavy atom. The zero-order valence-electron chi connectivity index (χ0n) is 14.3. The third kappa shape index (κ3) is 4.51. The van der Waals surface area contributed by atoms with Crippen LogP contribution in [0.5, 0.6) is 0 Å². The van der Waals surface area contributed by atoms with Crippen molar-refractivity contribution in [2.75, 3.05) is 5.32 Å². The summed E-state index contributed by atoms with van der Waals surface area (Å²) in [6, 6.07) is 16.8. The Kier molecular flexibility index (Phi) is 5.34. The quantitative estimate of drug-likeness (QED) is 0.549. The SMILES string of the molecule is CC(=O)c1ccccc1NC(=O)/C=C/c1cn(Cc2ccccc2)nn1. The summed E-state index contributed by atoms with van der Waals surface area (Å²) < 4.78 is 1.71. The van der Waals surface area contributed by atoms with E-state index in [1.165, 1.54) is 13.0 Å². The summed E-state index contributed by atoms with van der Waals surface area (Å²) in [6.45, 7) is 2.08. The predicted molar refractivity (Wildman–Crippen MR) is 99.7 cm³/mol. The molecule has 1 N–H and O–H groups in total. The van der Waals surface area contributed by atoms with Crippen molar-refractivity contribution in [1.29, 1.82) is 0 Å². The summed E-state index contributed by atoms with van der Waals surface area (Å²) >= 11 is 0. The molecule has 0 aliphatic heterocycles. The molecule has 130 valence electrons. The van der Waals surface area contributed by atoms with Gasteiger partial charge in [-0.15, -0.1) is 5.10 Å². The molecule has 1 heterocycles. The number of rotatable bonds is 6. The van der Waals surface area contributed by atoms with Crippen LogP contribution in [0.3, 0.4) is 0 Å². The predicted octanol–water partition coefficient (Wildman–Crippen LogP) is 3.18. The minimum atomic E-state index is -0.337. The number of ketones is 1. The molecule has 0 aliphatic rings. The smallest absolute Gasteiger partial charge is 0.248 e. The summed E-state index contributed by atoms with van der Waals surface area (Å²) in [5.74, 6) is -0.440. The molecular weight excluding hydrogens is 328 g/mol. The molecule has 26 heavy (non-hydrogen) atoms. The van der Waals surface area contributed by atoms with E-state index in [-0.39, 0.29) is 11.7 Å². The molecule has 0 aliphatic carbocycles. The van der Waals surface area contributed by atoms with Gasteiger partial charge in [-0.25, -0.2) is 4.68 Å². The number of amides is 1. The fraction of sp³-hybridized carbons (Fsp3) is 0.100. The highest BCUT2D eigenvalue weighted by Crippen LogP contribution is 2.15. The molecule has 3 rings (SSSR count). The van der Waals surface area contributed by atoms with E-state index < -0.39 is 0 Å². The number of hydrogen-bond acceptors (Lipinski definition) is 4. The molecule has 0 radical (unpaired) electrons. The summed E-state index contributed by atoms with van der Waals surface area (Å²) in [4.78, 5) is 23.7. The van der Waals surface area contributed by atoms with Gasteiger partial charge in [-0.05, 0) is 30.7 Å². The average Bonchev–Trinajstić information content (AvgIpc) is 3.08. The maximum atomic E-state index is 12.1. The van der Waals surface area contributed by atoms with Crippen LogP contribution in [-0.4, -0.2) is 26.7 Å². The monoisotopic (exact) mass is 346 g/mol. The Morgan fingerprint density at radius 2 is 1.81 bits per heavy atom. The van der Waals surface area contributed by atoms with Crippen LogP contribution >= 0.6 is 0 Å². The fourth-order valence-electron chi connectivity index (χ4n) is 2.47. The molecule has 0 unspecified atom stereocenters. The second-order valence-electron chi connectivity index (χ2n) is 5.75. The lowest BCUT2D eigenvalue weighted by molar-refractivity contribution is -0.111. The molecule has 0 bridgehead atoms. The van der Waals surface area contributed by atoms with E-state index in [4.69, 9.17) is 0 Å². The van der Waals surface area contributed by atoms with Gasteiger partial charge < -0.3 is 5.32 Å². The molecule has 0 spiro atoms. The lowest BCUT2D eigenvalue weighted by Crippen LogP contribution is -2.11. The van der Waals surface area contributed by atoms with E-state index in [0.717, 1.165) is 5.56 Å². The molecule has 6 nitrogen and oxygen atoms in total. The number of nitrogens with zero attached hydrogens (tertiary/aromatic N) is 3. The van der Waals surface area contributed by atoms with Gasteiger partial charge in [0.1, 0.15) is 5.69 Å². The van der Waals surface area contributed by atoms with Crippen molar-refractivity contribution >= 4 is 23.5 Å². The standard InChI is InChI=1S/C20H18N4O2/c1-15(25)18-9-5-6-10-19(18)21-20(26)12-11-17-14-24(23-22-17)13-16-7-3-2-4-8-16/h2-12,14H,13H2,1H3,(H,21,26)/b12-11+. The Morgan fingerprint density at radius 3 is 2.58 bits per heavy atom. The Labute approximate surface area is 151 Å². The second kappa shape index (κ2) is 8.02. The van der Waals surface area contributed by atoms with E-state index in [1.807, 2.05) is 30.3 Å². The zero-order chi connectivity index (χ0) is 18.4. The normalized spacial score (nSPS) is 10.8. The van der Waals surface area contributed by atoms with Crippen molar-refractivity contribution < 1.29 is 9.59 Å². The van der Waals surface area contributed by atoms with Crippen molar-refractivity contribution in [3.8, 4) is 0 Å². The number of Topliss-reactive ketones (excluding diaryl/α,β-unsaturated/α-hetero) is 1. The molecular formula is C20H18N4O2. The van der Waals surface area contributed by atoms with Crippen molar-refractivity contribution in [2.45, 2.75) is 13.5 Å². The van der Waals surface area contributed by atoms with Gasteiger partial charge in [0.2, 0.25) is 5.91 Å². The lowest BCUT2D eigenvalue weighted by Gasteiger charge is -2.06. The van der Waals surface area contributed by atoms with Crippen molar-refractivity contribution in [1.82, 2.24) is 15.0 Å². The maximum absolute atomic E-state index is 12.1. The van der Waals surface area contributed by atoms with Gasteiger partial charge in [0, 0.05) is 11.6 Å². The van der Waals surface area contributed by atoms with E-state index in [1.54, 1.807) is 41.2 Å². The van der Waals surface area contributed by atoms with E-state index >= 15 is 0 Å². The van der Waals surface area contributed by atoms with Gasteiger partial charge in [0.05, 0.1) is 18.4 Å². The number of benzene rings is 2. The van der Waals surface area contributed by atoms with E-state index in [9.17, 15) is 9.59 Å². The summed E-state index contributed by atoms with van der Waals surface area (Å²) in [5, 5.41) is 10.8. The van der Waals surface area contributed by atoms with Crippen molar-refractivity contribution in [3.05, 3.63) is 83.7 Å². The van der Waals surface area contributed by atoms with Crippen LogP contribution in [0.1, 0.15) is 28.5 Å². The third-order valence-corrected chi connectivity index (χ3v) is 3.71. The molecule has 0 atom stereocenters. The second-order valence-corrected chi connectivity index (χ2v) is 5.75. The third-order valence-electron chi connectivity index (χ3n) is 3.71. The Hall–Kier alpha value is -3.54. The van der Waals surface area contributed by atoms with Crippen molar-refractivity contribution in [2.24, 2.45) is 0 Å². The van der Waals surface area contributed by atoms with Gasteiger partial charge in [-0.3, -0.25) is 9.59 Å². The maximum Gasteiger partial charge on any atom is 0.248 e. The molecule has 6 heteroatoms. The molecule has 1 amide bonds. The summed E-state index contributed by atoms with van der Waals surface area (Å²) in [5.41, 5.74) is 2.66. The molecule has 0 saturated heterocycles. The zero-order valence-corrected chi connectivity index (χ0v) is 14.3. The first-order valence-electron chi connectivity index (χ1n) is 8.15. The van der Waals surface area contributed by atoms with Gasteiger partial charge in [0.25, 0.3) is 0 Å². The molecule has 3 aromatic rings. The van der Waals surface area contributed by atoms with Crippen LogP contribution in [0.15, 0.2) is 66.9 Å². The summed E-state index contributed by atoms with van der Waals surface area (Å²) in [7, 11) is 0. The molecule has 0 fully saturated rings. The first-order valence-corrected chi connectivity index (χ1v) is 8.15. The number of carbonyl (C=O) groups excluding carboxylic acids is 2. The Bertz CT molecular complexity index is 945. The van der Waals surface area contributed by atoms with Crippen LogP contribution in [0.2, 0.25) is 0 Å². The summed E-state index contributed by atoms with van der Waals surface area (Å²) in [6.07, 6.45) is 4.72. The highest BCUT2D eigenvalue weighted by Gasteiger charge is 2.08. The highest BCUT2D eigenvalue weighted by atomic mass is 16.1. The first kappa shape index (κ1) is 17.3. The molecule has 1 aromatic heterocycles. The Balaban J connectivity index is 1.63. The largest absolute Gasteiger partial charge is 0.322 e. The number of hydrogen-bond donors (Lipinski definition) is 1. The lowest BCUT2D eigenvalue weighted by atomic mass is 10.1. The van der Waals surface area contributed by atoms with Crippen LogP contribution in [0, 0.1) is 0 Å². The average molecular weight is 346 g/mol. The van der Waals surface area contributed by atoms with Gasteiger partial charge in [-0.1, -0.05) is 47.7 Å². The van der Waals surface area contributed by atoms with E-state index in [2.05, 4.69) is 15.6 Å². The number of para-hydroxylation sites is 1. The number of nitrogens with one attached hydrogen (secondary N) is 1. The van der Waals surface area contributed by atoms with Gasteiger partial charge >= 0.3 is 0 Å². The van der Waals surface area contributed by atoms with Gasteiger partial charge in [0.15, 0.2) is 5.78 Å². The minimum Gasteiger partial charge on any atom is -0.322 e. The van der Waals surface area contributed by atoms with Crippen LogP contribution in [0.4, 0.5) is 5.69 Å². The fourth-order valence-corrected chi connectivity index (χ4v) is 2.47. The van der Waals surface area contributed by atoms with Crippen LogP contribution in [0.25, 0.3) is 6.08 Å². The molecule has 0 saturated carbocycles. The topological polar surface area (TPSA) is 76.9 Å². The van der Waals surface area contributed by atoms with E-state index in [0.29, 0.717) is 23.5 Å². The first-order chi connectivity index (χ1) is 12.6. The van der Waals surface area contributed by atoms with Crippen LogP contribution in [-0.2, 0) is 11.3 Å². The van der Waals surface area contributed by atoms with Crippen LogP contribution < -0.4 is 5.32 Å². The number of anilines is 1. The number of carbonyl (C=O) groups is 2. The highest BCUT2D eigenvalue weighted by molar-refractivity contribution is 6.07.